The van der Waals surface area contributed by atoms with Crippen LogP contribution in [0.15, 0.2) is 65.6 Å². The fourth-order valence-corrected chi connectivity index (χ4v) is 4.45. The number of nitrogens with one attached hydrogen (secondary N) is 2. The van der Waals surface area contributed by atoms with E-state index in [-0.39, 0.29) is 29.6 Å². The lowest BCUT2D eigenvalue weighted by molar-refractivity contribution is -0.117. The van der Waals surface area contributed by atoms with Gasteiger partial charge in [0.25, 0.3) is 5.56 Å². The topological polar surface area (TPSA) is 110 Å². The maximum Gasteiger partial charge on any atom is 0.277 e. The van der Waals surface area contributed by atoms with Crippen molar-refractivity contribution in [3.8, 4) is 11.4 Å². The van der Waals surface area contributed by atoms with Gasteiger partial charge in [0.1, 0.15) is 17.3 Å². The Hall–Kier alpha value is -3.37. The predicted molar refractivity (Wildman–Crippen MR) is 130 cm³/mol. The van der Waals surface area contributed by atoms with Gasteiger partial charge in [-0.25, -0.2) is 17.8 Å². The molecule has 34 heavy (non-hydrogen) atoms. The van der Waals surface area contributed by atoms with Crippen LogP contribution >= 0.6 is 0 Å². The van der Waals surface area contributed by atoms with Gasteiger partial charge in [0, 0.05) is 12.1 Å². The maximum atomic E-state index is 13.4. The highest BCUT2D eigenvalue weighted by Crippen LogP contribution is 2.18. The SMILES string of the molecule is CN[C@@H](C)C(=O)Nc1cnc(-c2ccc(F)cc2)n(CCS(=O)(=O)CCc2ccccc2)c1=O. The second-order valence-corrected chi connectivity index (χ2v) is 10.1. The van der Waals surface area contributed by atoms with Crippen molar-refractivity contribution < 1.29 is 17.6 Å². The van der Waals surface area contributed by atoms with Crippen molar-refractivity contribution in [2.24, 2.45) is 0 Å². The van der Waals surface area contributed by atoms with Gasteiger partial charge in [-0.05, 0) is 50.2 Å². The molecule has 10 heteroatoms. The molecule has 0 radical (unpaired) electrons. The van der Waals surface area contributed by atoms with E-state index in [1.165, 1.54) is 35.0 Å². The molecule has 1 atom stereocenters. The third-order valence-corrected chi connectivity index (χ3v) is 7.03. The van der Waals surface area contributed by atoms with Crippen molar-refractivity contribution in [3.05, 3.63) is 82.5 Å². The van der Waals surface area contributed by atoms with Gasteiger partial charge in [0.05, 0.1) is 23.7 Å². The van der Waals surface area contributed by atoms with Gasteiger partial charge in [-0.3, -0.25) is 14.2 Å². The molecule has 0 bridgehead atoms. The summed E-state index contributed by atoms with van der Waals surface area (Å²) in [6.45, 7) is 1.47. The van der Waals surface area contributed by atoms with Crippen LogP contribution in [0.5, 0.6) is 0 Å². The molecule has 0 fully saturated rings. The summed E-state index contributed by atoms with van der Waals surface area (Å²) >= 11 is 0. The molecule has 0 aliphatic heterocycles. The van der Waals surface area contributed by atoms with Crippen LogP contribution in [0.25, 0.3) is 11.4 Å². The Morgan fingerprint density at radius 3 is 2.41 bits per heavy atom. The summed E-state index contributed by atoms with van der Waals surface area (Å²) in [5, 5.41) is 5.30. The summed E-state index contributed by atoms with van der Waals surface area (Å²) in [6.07, 6.45) is 1.58. The molecule has 3 rings (SSSR count). The summed E-state index contributed by atoms with van der Waals surface area (Å²) in [4.78, 5) is 29.7. The number of aryl methyl sites for hydroxylation is 1. The van der Waals surface area contributed by atoms with E-state index in [9.17, 15) is 22.4 Å². The first-order valence-electron chi connectivity index (χ1n) is 10.8. The molecule has 8 nitrogen and oxygen atoms in total. The van der Waals surface area contributed by atoms with Crippen LogP contribution in [0.1, 0.15) is 12.5 Å². The van der Waals surface area contributed by atoms with Crippen LogP contribution in [0.3, 0.4) is 0 Å². The molecule has 180 valence electrons. The number of aromatic nitrogens is 2. The van der Waals surface area contributed by atoms with Crippen molar-refractivity contribution in [3.63, 3.8) is 0 Å². The molecule has 3 aromatic rings. The number of nitrogens with zero attached hydrogens (tertiary/aromatic N) is 2. The molecular weight excluding hydrogens is 459 g/mol. The quantitative estimate of drug-likeness (QED) is 0.455. The predicted octanol–water partition coefficient (Wildman–Crippen LogP) is 2.25. The van der Waals surface area contributed by atoms with Crippen LogP contribution in [0.4, 0.5) is 10.1 Å². The number of amides is 1. The second-order valence-electron chi connectivity index (χ2n) is 7.85. The Balaban J connectivity index is 1.88. The van der Waals surface area contributed by atoms with E-state index in [0.29, 0.717) is 12.0 Å². The van der Waals surface area contributed by atoms with Gasteiger partial charge < -0.3 is 10.6 Å². The molecule has 1 amide bonds. The Kier molecular flexibility index (Phi) is 8.30. The maximum absolute atomic E-state index is 13.4. The number of likely N-dealkylation sites (N-methyl/N-ethyl adjacent to an activating group) is 1. The van der Waals surface area contributed by atoms with E-state index in [1.807, 2.05) is 30.3 Å². The van der Waals surface area contributed by atoms with Gasteiger partial charge in [0.2, 0.25) is 5.91 Å². The Morgan fingerprint density at radius 2 is 1.76 bits per heavy atom. The molecule has 0 saturated carbocycles. The molecule has 2 N–H and O–H groups in total. The largest absolute Gasteiger partial charge is 0.319 e. The first-order valence-corrected chi connectivity index (χ1v) is 12.6. The van der Waals surface area contributed by atoms with Crippen LogP contribution in [0.2, 0.25) is 0 Å². The number of benzene rings is 2. The zero-order valence-electron chi connectivity index (χ0n) is 19.0. The smallest absolute Gasteiger partial charge is 0.277 e. The highest BCUT2D eigenvalue weighted by atomic mass is 32.2. The number of anilines is 1. The monoisotopic (exact) mass is 486 g/mol. The van der Waals surface area contributed by atoms with Crippen LogP contribution < -0.4 is 16.2 Å². The normalized spacial score (nSPS) is 12.3. The van der Waals surface area contributed by atoms with Gasteiger partial charge in [-0.2, -0.15) is 0 Å². The first-order chi connectivity index (χ1) is 16.2. The summed E-state index contributed by atoms with van der Waals surface area (Å²) in [5.41, 5.74) is 0.686. The lowest BCUT2D eigenvalue weighted by atomic mass is 10.2. The van der Waals surface area contributed by atoms with Crippen LogP contribution in [0, 0.1) is 5.82 Å². The molecule has 1 aromatic heterocycles. The number of hydrogen-bond acceptors (Lipinski definition) is 6. The van der Waals surface area contributed by atoms with Gasteiger partial charge >= 0.3 is 0 Å². The third kappa shape index (κ3) is 6.58. The zero-order chi connectivity index (χ0) is 24.7. The first kappa shape index (κ1) is 25.3. The van der Waals surface area contributed by atoms with Crippen molar-refractivity contribution in [1.29, 1.82) is 0 Å². The van der Waals surface area contributed by atoms with E-state index < -0.39 is 33.2 Å². The number of carbonyl (C=O) groups is 1. The van der Waals surface area contributed by atoms with Crippen molar-refractivity contribution in [2.75, 3.05) is 23.9 Å². The number of sulfone groups is 1. The van der Waals surface area contributed by atoms with Crippen molar-refractivity contribution >= 4 is 21.4 Å². The minimum absolute atomic E-state index is 0.0683. The van der Waals surface area contributed by atoms with E-state index in [2.05, 4.69) is 15.6 Å². The molecule has 0 spiro atoms. The molecule has 0 aliphatic carbocycles. The highest BCUT2D eigenvalue weighted by Gasteiger charge is 2.19. The number of hydrogen-bond donors (Lipinski definition) is 2. The van der Waals surface area contributed by atoms with Gasteiger partial charge in [0.15, 0.2) is 9.84 Å². The molecule has 0 unspecified atom stereocenters. The average Bonchev–Trinajstić information content (AvgIpc) is 2.84. The minimum atomic E-state index is -3.50. The standard InChI is InChI=1S/C24H27FN4O4S/c1-17(26-2)23(30)28-21-16-27-22(19-8-10-20(25)11-9-19)29(24(21)31)13-15-34(32,33)14-12-18-6-4-3-5-7-18/h3-11,16-17,26H,12-15H2,1-2H3,(H,28,30)/t17-/m0/s1. The third-order valence-electron chi connectivity index (χ3n) is 5.40. The number of rotatable bonds is 10. The second kappa shape index (κ2) is 11.2. The van der Waals surface area contributed by atoms with Crippen molar-refractivity contribution in [2.45, 2.75) is 25.9 Å². The van der Waals surface area contributed by atoms with E-state index in [1.54, 1.807) is 14.0 Å². The van der Waals surface area contributed by atoms with Gasteiger partial charge in [-0.15, -0.1) is 0 Å². The van der Waals surface area contributed by atoms with Crippen molar-refractivity contribution in [1.82, 2.24) is 14.9 Å². The molecular formula is C24H27FN4O4S. The lowest BCUT2D eigenvalue weighted by Gasteiger charge is -2.16. The molecule has 2 aromatic carbocycles. The van der Waals surface area contributed by atoms with E-state index in [0.717, 1.165) is 5.56 Å². The molecule has 0 saturated heterocycles. The van der Waals surface area contributed by atoms with E-state index >= 15 is 0 Å². The van der Waals surface area contributed by atoms with Crippen LogP contribution in [-0.2, 0) is 27.6 Å². The average molecular weight is 487 g/mol. The molecule has 1 heterocycles. The Bertz CT molecular complexity index is 1290. The summed E-state index contributed by atoms with van der Waals surface area (Å²) in [6, 6.07) is 14.1. The highest BCUT2D eigenvalue weighted by molar-refractivity contribution is 7.91. The molecule has 0 aliphatic rings. The van der Waals surface area contributed by atoms with Crippen LogP contribution in [-0.4, -0.2) is 48.5 Å². The number of carbonyl (C=O) groups excluding carboxylic acids is 1. The lowest BCUT2D eigenvalue weighted by Crippen LogP contribution is -2.38. The summed E-state index contributed by atoms with van der Waals surface area (Å²) in [7, 11) is -1.89. The number of halogens is 1. The van der Waals surface area contributed by atoms with E-state index in [4.69, 9.17) is 0 Å². The Morgan fingerprint density at radius 1 is 1.09 bits per heavy atom. The summed E-state index contributed by atoms with van der Waals surface area (Å²) < 4.78 is 40.0. The minimum Gasteiger partial charge on any atom is -0.319 e. The zero-order valence-corrected chi connectivity index (χ0v) is 19.8. The van der Waals surface area contributed by atoms with Gasteiger partial charge in [-0.1, -0.05) is 30.3 Å². The fourth-order valence-electron chi connectivity index (χ4n) is 3.24. The summed E-state index contributed by atoms with van der Waals surface area (Å²) in [5.74, 6) is -1.06. The fraction of sp³-hybridized carbons (Fsp3) is 0.292. The Labute approximate surface area is 197 Å².